The molecular weight excluding hydrogens is 441 g/mol. The summed E-state index contributed by atoms with van der Waals surface area (Å²) in [6, 6.07) is 21.1. The van der Waals surface area contributed by atoms with Gasteiger partial charge in [-0.2, -0.15) is 0 Å². The van der Waals surface area contributed by atoms with Crippen molar-refractivity contribution in [2.75, 3.05) is 16.8 Å². The molecule has 170 valence electrons. The van der Waals surface area contributed by atoms with Crippen molar-refractivity contribution in [3.63, 3.8) is 0 Å². The average Bonchev–Trinajstić information content (AvgIpc) is 2.82. The van der Waals surface area contributed by atoms with Gasteiger partial charge < -0.3 is 15.5 Å². The van der Waals surface area contributed by atoms with Gasteiger partial charge in [0.05, 0.1) is 22.2 Å². The monoisotopic (exact) mass is 465 g/mol. The third kappa shape index (κ3) is 5.64. The molecule has 33 heavy (non-hydrogen) atoms. The van der Waals surface area contributed by atoms with Crippen LogP contribution in [0.15, 0.2) is 83.8 Å². The van der Waals surface area contributed by atoms with E-state index in [1.807, 2.05) is 36.4 Å². The molecule has 1 fully saturated rings. The Morgan fingerprint density at radius 2 is 1.79 bits per heavy atom. The summed E-state index contributed by atoms with van der Waals surface area (Å²) in [6.07, 6.45) is 1.12. The maximum absolute atomic E-state index is 14.1. The number of halogens is 1. The van der Waals surface area contributed by atoms with Crippen LogP contribution in [-0.2, 0) is 21.3 Å². The van der Waals surface area contributed by atoms with Crippen molar-refractivity contribution >= 4 is 34.1 Å². The van der Waals surface area contributed by atoms with Crippen LogP contribution in [0.4, 0.5) is 20.6 Å². The summed E-state index contributed by atoms with van der Waals surface area (Å²) in [5.74, 6) is -0.492. The Labute approximate surface area is 194 Å². The third-order valence-electron chi connectivity index (χ3n) is 5.38. The molecule has 3 aromatic rings. The minimum atomic E-state index is -1.20. The lowest BCUT2D eigenvalue weighted by Crippen LogP contribution is -2.53. The largest absolute Gasteiger partial charge is 0.326 e. The molecule has 0 aliphatic carbocycles. The number of para-hydroxylation sites is 1. The lowest BCUT2D eigenvalue weighted by molar-refractivity contribution is -0.121. The number of amides is 3. The summed E-state index contributed by atoms with van der Waals surface area (Å²) in [6.45, 7) is 0.403. The number of carbonyl (C=O) groups is 2. The van der Waals surface area contributed by atoms with E-state index in [2.05, 4.69) is 10.6 Å². The smallest absolute Gasteiger partial charge is 0.319 e. The number of hydrogen-bond donors (Lipinski definition) is 2. The van der Waals surface area contributed by atoms with Gasteiger partial charge in [-0.25, -0.2) is 9.18 Å². The summed E-state index contributed by atoms with van der Waals surface area (Å²) in [4.78, 5) is 27.5. The second-order valence-corrected chi connectivity index (χ2v) is 9.19. The SMILES string of the molecule is O=C(Nc1cccc(CS(=O)c2ccccc2)c1)NC1CCCN(c2ccccc2F)C1=O. The van der Waals surface area contributed by atoms with Gasteiger partial charge in [-0.05, 0) is 54.8 Å². The van der Waals surface area contributed by atoms with Crippen LogP contribution in [0.25, 0.3) is 0 Å². The lowest BCUT2D eigenvalue weighted by Gasteiger charge is -2.32. The summed E-state index contributed by atoms with van der Waals surface area (Å²) >= 11 is 0. The van der Waals surface area contributed by atoms with E-state index < -0.39 is 28.7 Å². The zero-order valence-electron chi connectivity index (χ0n) is 17.9. The highest BCUT2D eigenvalue weighted by Crippen LogP contribution is 2.24. The van der Waals surface area contributed by atoms with Crippen LogP contribution in [-0.4, -0.2) is 28.7 Å². The fourth-order valence-corrected chi connectivity index (χ4v) is 4.90. The van der Waals surface area contributed by atoms with Crippen molar-refractivity contribution in [3.05, 3.63) is 90.2 Å². The summed E-state index contributed by atoms with van der Waals surface area (Å²) in [5, 5.41) is 5.43. The van der Waals surface area contributed by atoms with Crippen LogP contribution in [0.1, 0.15) is 18.4 Å². The minimum Gasteiger partial charge on any atom is -0.326 e. The van der Waals surface area contributed by atoms with E-state index in [1.165, 1.54) is 11.0 Å². The fourth-order valence-electron chi connectivity index (χ4n) is 3.79. The number of benzene rings is 3. The number of carbonyl (C=O) groups excluding carboxylic acids is 2. The van der Waals surface area contributed by atoms with Crippen LogP contribution in [0.2, 0.25) is 0 Å². The summed E-state index contributed by atoms with van der Waals surface area (Å²) in [7, 11) is -1.20. The quantitative estimate of drug-likeness (QED) is 0.565. The summed E-state index contributed by atoms with van der Waals surface area (Å²) < 4.78 is 26.7. The highest BCUT2D eigenvalue weighted by molar-refractivity contribution is 7.84. The van der Waals surface area contributed by atoms with Crippen molar-refractivity contribution < 1.29 is 18.2 Å². The van der Waals surface area contributed by atoms with Crippen LogP contribution >= 0.6 is 0 Å². The second-order valence-electron chi connectivity index (χ2n) is 7.74. The van der Waals surface area contributed by atoms with Gasteiger partial charge in [-0.15, -0.1) is 0 Å². The first-order valence-corrected chi connectivity index (χ1v) is 12.0. The van der Waals surface area contributed by atoms with Gasteiger partial charge in [0.15, 0.2) is 0 Å². The Morgan fingerprint density at radius 1 is 1.03 bits per heavy atom. The minimum absolute atomic E-state index is 0.216. The van der Waals surface area contributed by atoms with Crippen LogP contribution in [0.5, 0.6) is 0 Å². The predicted molar refractivity (Wildman–Crippen MR) is 127 cm³/mol. The van der Waals surface area contributed by atoms with E-state index in [0.717, 1.165) is 10.5 Å². The molecule has 0 bridgehead atoms. The van der Waals surface area contributed by atoms with E-state index in [9.17, 15) is 18.2 Å². The third-order valence-corrected chi connectivity index (χ3v) is 6.77. The molecule has 3 amide bonds. The van der Waals surface area contributed by atoms with E-state index in [4.69, 9.17) is 0 Å². The van der Waals surface area contributed by atoms with Crippen LogP contribution < -0.4 is 15.5 Å². The van der Waals surface area contributed by atoms with Crippen LogP contribution in [0.3, 0.4) is 0 Å². The van der Waals surface area contributed by atoms with Gasteiger partial charge in [0.25, 0.3) is 0 Å². The molecule has 2 atom stereocenters. The number of nitrogens with one attached hydrogen (secondary N) is 2. The number of urea groups is 1. The maximum Gasteiger partial charge on any atom is 0.319 e. The molecule has 3 aromatic carbocycles. The van der Waals surface area contributed by atoms with Gasteiger partial charge in [0.1, 0.15) is 11.9 Å². The second kappa shape index (κ2) is 10.4. The number of piperidine rings is 1. The highest BCUT2D eigenvalue weighted by atomic mass is 32.2. The van der Waals surface area contributed by atoms with Crippen molar-refractivity contribution in [3.8, 4) is 0 Å². The fraction of sp³-hybridized carbons (Fsp3) is 0.200. The molecule has 2 unspecified atom stereocenters. The predicted octanol–water partition coefficient (Wildman–Crippen LogP) is 4.45. The molecule has 8 heteroatoms. The molecule has 1 saturated heterocycles. The number of nitrogens with zero attached hydrogens (tertiary/aromatic N) is 1. The van der Waals surface area contributed by atoms with E-state index in [1.54, 1.807) is 36.4 Å². The number of hydrogen-bond acceptors (Lipinski definition) is 3. The molecule has 6 nitrogen and oxygen atoms in total. The van der Waals surface area contributed by atoms with Gasteiger partial charge in [-0.1, -0.05) is 42.5 Å². The molecule has 0 spiro atoms. The Morgan fingerprint density at radius 3 is 2.58 bits per heavy atom. The molecule has 0 aromatic heterocycles. The molecule has 0 radical (unpaired) electrons. The summed E-state index contributed by atoms with van der Waals surface area (Å²) in [5.41, 5.74) is 1.56. The normalized spacial score (nSPS) is 16.8. The Bertz CT molecular complexity index is 1170. The topological polar surface area (TPSA) is 78.5 Å². The van der Waals surface area contributed by atoms with Gasteiger partial charge >= 0.3 is 6.03 Å². The number of anilines is 2. The first-order valence-electron chi connectivity index (χ1n) is 10.7. The van der Waals surface area contributed by atoms with E-state index in [0.29, 0.717) is 30.8 Å². The number of rotatable bonds is 6. The Kier molecular flexibility index (Phi) is 7.14. The Hall–Kier alpha value is -3.52. The van der Waals surface area contributed by atoms with Crippen LogP contribution in [0, 0.1) is 5.82 Å². The van der Waals surface area contributed by atoms with E-state index >= 15 is 0 Å². The van der Waals surface area contributed by atoms with Gasteiger partial charge in [0, 0.05) is 17.1 Å². The molecule has 0 saturated carbocycles. The highest BCUT2D eigenvalue weighted by Gasteiger charge is 2.32. The standard InChI is InChI=1S/C25H24FN3O3S/c26-21-12-4-5-14-23(21)29-15-7-13-22(24(29)30)28-25(31)27-19-9-6-8-18(16-19)17-33(32)20-10-2-1-3-11-20/h1-6,8-12,14,16,22H,7,13,15,17H2,(H2,27,28,31). The molecule has 1 heterocycles. The van der Waals surface area contributed by atoms with Gasteiger partial charge in [-0.3, -0.25) is 9.00 Å². The van der Waals surface area contributed by atoms with Crippen molar-refractivity contribution in [1.82, 2.24) is 5.32 Å². The van der Waals surface area contributed by atoms with Crippen molar-refractivity contribution in [2.24, 2.45) is 0 Å². The molecule has 2 N–H and O–H groups in total. The maximum atomic E-state index is 14.1. The lowest BCUT2D eigenvalue weighted by atomic mass is 10.0. The molecular formula is C25H24FN3O3S. The zero-order chi connectivity index (χ0) is 23.2. The van der Waals surface area contributed by atoms with E-state index in [-0.39, 0.29) is 11.6 Å². The Balaban J connectivity index is 1.37. The molecule has 1 aliphatic rings. The average molecular weight is 466 g/mol. The first-order chi connectivity index (χ1) is 16.0. The zero-order valence-corrected chi connectivity index (χ0v) is 18.7. The first kappa shape index (κ1) is 22.7. The van der Waals surface area contributed by atoms with Gasteiger partial charge in [0.2, 0.25) is 5.91 Å². The molecule has 4 rings (SSSR count). The van der Waals surface area contributed by atoms with Crippen molar-refractivity contribution in [2.45, 2.75) is 29.5 Å². The molecule has 1 aliphatic heterocycles. The van der Waals surface area contributed by atoms with Crippen molar-refractivity contribution in [1.29, 1.82) is 0 Å².